The number of benzene rings is 1. The molecule has 2 rings (SSSR count). The smallest absolute Gasteiger partial charge is 0.326 e. The largest absolute Gasteiger partial charge is 0.494 e. The normalized spacial score (nSPS) is 16.5. The molecule has 0 aliphatic carbocycles. The monoisotopic (exact) mass is 379 g/mol. The number of carboxylic acids is 1. The van der Waals surface area contributed by atoms with Gasteiger partial charge in [-0.15, -0.1) is 0 Å². The van der Waals surface area contributed by atoms with Gasteiger partial charge in [-0.3, -0.25) is 4.79 Å². The van der Waals surface area contributed by atoms with E-state index >= 15 is 0 Å². The van der Waals surface area contributed by atoms with Crippen LogP contribution in [0.4, 0.5) is 0 Å². The molecule has 5 nitrogen and oxygen atoms in total. The van der Waals surface area contributed by atoms with E-state index < -0.39 is 12.0 Å². The molecule has 1 fully saturated rings. The number of unbranched alkanes of at least 4 members (excludes halogenated alkanes) is 3. The van der Waals surface area contributed by atoms with Crippen molar-refractivity contribution in [3.63, 3.8) is 0 Å². The van der Waals surface area contributed by atoms with E-state index in [0.29, 0.717) is 36.6 Å². The van der Waals surface area contributed by atoms with Crippen LogP contribution < -0.4 is 4.74 Å². The summed E-state index contributed by atoms with van der Waals surface area (Å²) < 4.78 is 5.64. The maximum Gasteiger partial charge on any atom is 0.326 e. The van der Waals surface area contributed by atoms with Gasteiger partial charge in [0.15, 0.2) is 0 Å². The molecule has 1 aromatic carbocycles. The summed E-state index contributed by atoms with van der Waals surface area (Å²) >= 11 is 5.82. The number of carbonyl (C=O) groups is 2. The second-order valence-electron chi connectivity index (χ2n) is 6.56. The third kappa shape index (κ3) is 6.06. The molecule has 1 heterocycles. The van der Waals surface area contributed by atoms with Crippen molar-refractivity contribution in [2.24, 2.45) is 0 Å². The van der Waals surface area contributed by atoms with Gasteiger partial charge in [-0.05, 0) is 56.4 Å². The molecule has 1 aliphatic rings. The lowest BCUT2D eigenvalue weighted by Gasteiger charge is -2.22. The molecule has 0 bridgehead atoms. The quantitative estimate of drug-likeness (QED) is 0.486. The Morgan fingerprint density at radius 3 is 2.58 bits per heavy atom. The molecule has 1 aromatic rings. The van der Waals surface area contributed by atoms with Crippen molar-refractivity contribution < 1.29 is 19.4 Å². The van der Waals surface area contributed by atoms with Gasteiger partial charge in [-0.25, -0.2) is 4.79 Å². The molecule has 0 aromatic heterocycles. The van der Waals surface area contributed by atoms with Crippen LogP contribution in [0.2, 0.25) is 5.02 Å². The van der Waals surface area contributed by atoms with E-state index in [1.807, 2.05) is 12.1 Å². The van der Waals surface area contributed by atoms with Crippen molar-refractivity contribution >= 4 is 23.5 Å². The van der Waals surface area contributed by atoms with Gasteiger partial charge < -0.3 is 14.7 Å². The molecule has 6 heteroatoms. The van der Waals surface area contributed by atoms with E-state index in [1.54, 1.807) is 12.1 Å². The highest BCUT2D eigenvalue weighted by atomic mass is 35.5. The van der Waals surface area contributed by atoms with Crippen LogP contribution in [0.25, 0.3) is 0 Å². The SMILES string of the molecule is C=C(CCCCCCOc1ccc(Cl)cc1)C(=O)N1CCC[C@@H]1C(=O)O. The minimum Gasteiger partial charge on any atom is -0.494 e. The van der Waals surface area contributed by atoms with Gasteiger partial charge >= 0.3 is 5.97 Å². The average Bonchev–Trinajstić information content (AvgIpc) is 3.11. The molecule has 0 unspecified atom stereocenters. The van der Waals surface area contributed by atoms with Gasteiger partial charge in [0.25, 0.3) is 0 Å². The van der Waals surface area contributed by atoms with Crippen LogP contribution in [0.15, 0.2) is 36.4 Å². The molecule has 1 saturated heterocycles. The zero-order valence-electron chi connectivity index (χ0n) is 15.0. The first-order valence-corrected chi connectivity index (χ1v) is 9.47. The zero-order valence-corrected chi connectivity index (χ0v) is 15.7. The number of rotatable bonds is 10. The Labute approximate surface area is 159 Å². The third-order valence-electron chi connectivity index (χ3n) is 4.56. The number of halogens is 1. The van der Waals surface area contributed by atoms with Crippen molar-refractivity contribution in [3.8, 4) is 5.75 Å². The summed E-state index contributed by atoms with van der Waals surface area (Å²) in [5.41, 5.74) is 0.510. The summed E-state index contributed by atoms with van der Waals surface area (Å²) in [6.07, 6.45) is 5.69. The molecule has 0 saturated carbocycles. The highest BCUT2D eigenvalue weighted by molar-refractivity contribution is 6.30. The average molecular weight is 380 g/mol. The van der Waals surface area contributed by atoms with E-state index in [2.05, 4.69) is 6.58 Å². The summed E-state index contributed by atoms with van der Waals surface area (Å²) in [6.45, 7) is 5.01. The molecule has 1 N–H and O–H groups in total. The van der Waals surface area contributed by atoms with Crippen molar-refractivity contribution in [2.75, 3.05) is 13.2 Å². The molecule has 26 heavy (non-hydrogen) atoms. The first-order valence-electron chi connectivity index (χ1n) is 9.09. The van der Waals surface area contributed by atoms with Crippen LogP contribution in [0, 0.1) is 0 Å². The Balaban J connectivity index is 1.57. The highest BCUT2D eigenvalue weighted by Crippen LogP contribution is 2.21. The fourth-order valence-electron chi connectivity index (χ4n) is 3.09. The van der Waals surface area contributed by atoms with Crippen LogP contribution in [0.5, 0.6) is 5.75 Å². The predicted octanol–water partition coefficient (Wildman–Crippen LogP) is 4.30. The number of nitrogens with zero attached hydrogens (tertiary/aromatic N) is 1. The Bertz CT molecular complexity index is 629. The van der Waals surface area contributed by atoms with Gasteiger partial charge in [0.1, 0.15) is 11.8 Å². The predicted molar refractivity (Wildman–Crippen MR) is 102 cm³/mol. The number of carbonyl (C=O) groups excluding carboxylic acids is 1. The van der Waals surface area contributed by atoms with Gasteiger partial charge in [-0.2, -0.15) is 0 Å². The van der Waals surface area contributed by atoms with Crippen LogP contribution >= 0.6 is 11.6 Å². The van der Waals surface area contributed by atoms with Crippen LogP contribution in [0.1, 0.15) is 44.9 Å². The van der Waals surface area contributed by atoms with Crippen LogP contribution in [-0.2, 0) is 9.59 Å². The first-order chi connectivity index (χ1) is 12.5. The van der Waals surface area contributed by atoms with Gasteiger partial charge in [0.05, 0.1) is 6.61 Å². The lowest BCUT2D eigenvalue weighted by molar-refractivity contribution is -0.146. The minimum absolute atomic E-state index is 0.207. The van der Waals surface area contributed by atoms with E-state index in [9.17, 15) is 9.59 Å². The summed E-state index contributed by atoms with van der Waals surface area (Å²) in [7, 11) is 0. The van der Waals surface area contributed by atoms with Crippen LogP contribution in [0.3, 0.4) is 0 Å². The van der Waals surface area contributed by atoms with Gasteiger partial charge in [0.2, 0.25) is 5.91 Å². The van der Waals surface area contributed by atoms with Gasteiger partial charge in [-0.1, -0.05) is 31.0 Å². The molecule has 1 aliphatic heterocycles. The van der Waals surface area contributed by atoms with Crippen molar-refractivity contribution in [3.05, 3.63) is 41.4 Å². The molecular weight excluding hydrogens is 354 g/mol. The number of amides is 1. The second kappa shape index (κ2) is 10.2. The van der Waals surface area contributed by atoms with E-state index in [0.717, 1.165) is 37.9 Å². The number of hydrogen-bond donors (Lipinski definition) is 1. The Hall–Kier alpha value is -2.01. The Morgan fingerprint density at radius 1 is 1.19 bits per heavy atom. The summed E-state index contributed by atoms with van der Waals surface area (Å²) in [5.74, 6) is -0.322. The lowest BCUT2D eigenvalue weighted by atomic mass is 10.1. The molecule has 1 amide bonds. The van der Waals surface area contributed by atoms with E-state index in [-0.39, 0.29) is 5.91 Å². The summed E-state index contributed by atoms with van der Waals surface area (Å²) in [6, 6.07) is 6.61. The summed E-state index contributed by atoms with van der Waals surface area (Å²) in [4.78, 5) is 25.0. The minimum atomic E-state index is -0.927. The molecule has 0 spiro atoms. The fourth-order valence-corrected chi connectivity index (χ4v) is 3.22. The third-order valence-corrected chi connectivity index (χ3v) is 4.81. The Morgan fingerprint density at radius 2 is 1.88 bits per heavy atom. The van der Waals surface area contributed by atoms with Crippen LogP contribution in [-0.4, -0.2) is 41.1 Å². The molecule has 0 radical (unpaired) electrons. The standard InChI is InChI=1S/C20H26ClNO4/c1-15(19(23)22-13-6-8-18(22)20(24)25)7-4-2-3-5-14-26-17-11-9-16(21)10-12-17/h9-12,18H,1-8,13-14H2,(H,24,25)/t18-/m1/s1. The topological polar surface area (TPSA) is 66.8 Å². The first kappa shape index (κ1) is 20.3. The number of ether oxygens (including phenoxy) is 1. The molecule has 1 atom stereocenters. The van der Waals surface area contributed by atoms with Crippen molar-refractivity contribution in [2.45, 2.75) is 51.0 Å². The van der Waals surface area contributed by atoms with E-state index in [4.69, 9.17) is 21.4 Å². The Kier molecular flexibility index (Phi) is 7.98. The lowest BCUT2D eigenvalue weighted by Crippen LogP contribution is -2.41. The maximum absolute atomic E-state index is 12.3. The van der Waals surface area contributed by atoms with E-state index in [1.165, 1.54) is 4.90 Å². The van der Waals surface area contributed by atoms with Crippen molar-refractivity contribution in [1.29, 1.82) is 0 Å². The number of aliphatic carboxylic acids is 1. The number of carboxylic acid groups (broad SMARTS) is 1. The maximum atomic E-state index is 12.3. The fraction of sp³-hybridized carbons (Fsp3) is 0.500. The molecular formula is C20H26ClNO4. The summed E-state index contributed by atoms with van der Waals surface area (Å²) in [5, 5.41) is 9.86. The second-order valence-corrected chi connectivity index (χ2v) is 7.00. The highest BCUT2D eigenvalue weighted by Gasteiger charge is 2.34. The van der Waals surface area contributed by atoms with Gasteiger partial charge in [0, 0.05) is 17.1 Å². The number of hydrogen-bond acceptors (Lipinski definition) is 3. The zero-order chi connectivity index (χ0) is 18.9. The molecule has 142 valence electrons. The van der Waals surface area contributed by atoms with Crippen molar-refractivity contribution in [1.82, 2.24) is 4.90 Å². The number of likely N-dealkylation sites (tertiary alicyclic amines) is 1.